The summed E-state index contributed by atoms with van der Waals surface area (Å²) in [5, 5.41) is 14.5. The summed E-state index contributed by atoms with van der Waals surface area (Å²) in [6.07, 6.45) is 1.87. The number of aliphatic carboxylic acids is 1. The van der Waals surface area contributed by atoms with Crippen molar-refractivity contribution in [3.63, 3.8) is 0 Å². The number of benzene rings is 2. The SMILES string of the molecule is CC(CC(=O)NC(CC1CC1)C(=O)O)NC(=O)OCC1c2ccccc2-c2ccccc21. The van der Waals surface area contributed by atoms with Crippen LogP contribution in [0.1, 0.15) is 49.7 Å². The van der Waals surface area contributed by atoms with E-state index < -0.39 is 30.1 Å². The fourth-order valence-electron chi connectivity index (χ4n) is 4.33. The molecule has 168 valence electrons. The highest BCUT2D eigenvalue weighted by Gasteiger charge is 2.31. The maximum absolute atomic E-state index is 12.3. The maximum Gasteiger partial charge on any atom is 0.407 e. The predicted octanol–water partition coefficient (Wildman–Crippen LogP) is 3.67. The van der Waals surface area contributed by atoms with Crippen LogP contribution in [0.25, 0.3) is 11.1 Å². The Labute approximate surface area is 187 Å². The third kappa shape index (κ3) is 5.10. The van der Waals surface area contributed by atoms with E-state index >= 15 is 0 Å². The van der Waals surface area contributed by atoms with Crippen molar-refractivity contribution in [1.29, 1.82) is 0 Å². The monoisotopic (exact) mass is 436 g/mol. The first-order valence-corrected chi connectivity index (χ1v) is 11.1. The van der Waals surface area contributed by atoms with E-state index in [1.165, 1.54) is 0 Å². The first-order chi connectivity index (χ1) is 15.4. The van der Waals surface area contributed by atoms with Gasteiger partial charge in [0.15, 0.2) is 0 Å². The zero-order valence-electron chi connectivity index (χ0n) is 18.0. The number of amides is 2. The Morgan fingerprint density at radius 3 is 2.16 bits per heavy atom. The van der Waals surface area contributed by atoms with E-state index in [1.54, 1.807) is 6.92 Å². The van der Waals surface area contributed by atoms with E-state index in [0.717, 1.165) is 35.1 Å². The molecule has 0 spiro atoms. The number of fused-ring (bicyclic) bond motifs is 3. The first-order valence-electron chi connectivity index (χ1n) is 11.1. The molecule has 0 radical (unpaired) electrons. The number of carboxylic acids is 1. The first kappa shape index (κ1) is 21.9. The van der Waals surface area contributed by atoms with Crippen LogP contribution < -0.4 is 10.6 Å². The lowest BCUT2D eigenvalue weighted by molar-refractivity contribution is -0.142. The van der Waals surface area contributed by atoms with E-state index in [9.17, 15) is 19.5 Å². The number of carbonyl (C=O) groups excluding carboxylic acids is 2. The summed E-state index contributed by atoms with van der Waals surface area (Å²) < 4.78 is 5.50. The molecule has 2 amide bonds. The smallest absolute Gasteiger partial charge is 0.407 e. The van der Waals surface area contributed by atoms with E-state index in [4.69, 9.17) is 4.74 Å². The van der Waals surface area contributed by atoms with Crippen LogP contribution in [0.4, 0.5) is 4.79 Å². The van der Waals surface area contributed by atoms with Gasteiger partial charge in [0.05, 0.1) is 0 Å². The van der Waals surface area contributed by atoms with Gasteiger partial charge in [0, 0.05) is 18.4 Å². The van der Waals surface area contributed by atoms with Gasteiger partial charge in [-0.15, -0.1) is 0 Å². The summed E-state index contributed by atoms with van der Waals surface area (Å²) in [5.41, 5.74) is 4.57. The molecule has 32 heavy (non-hydrogen) atoms. The molecule has 2 atom stereocenters. The third-order valence-corrected chi connectivity index (χ3v) is 6.10. The molecule has 2 aromatic rings. The van der Waals surface area contributed by atoms with Crippen LogP contribution >= 0.6 is 0 Å². The largest absolute Gasteiger partial charge is 0.480 e. The van der Waals surface area contributed by atoms with Gasteiger partial charge in [-0.1, -0.05) is 61.4 Å². The molecule has 7 heteroatoms. The topological polar surface area (TPSA) is 105 Å². The molecule has 2 aromatic carbocycles. The van der Waals surface area contributed by atoms with Gasteiger partial charge < -0.3 is 20.5 Å². The molecule has 0 heterocycles. The minimum Gasteiger partial charge on any atom is -0.480 e. The molecule has 4 rings (SSSR count). The second-order valence-corrected chi connectivity index (χ2v) is 8.71. The number of nitrogens with one attached hydrogen (secondary N) is 2. The molecule has 0 aromatic heterocycles. The van der Waals surface area contributed by atoms with Crippen LogP contribution in [-0.4, -0.2) is 41.8 Å². The van der Waals surface area contributed by atoms with Gasteiger partial charge in [-0.2, -0.15) is 0 Å². The van der Waals surface area contributed by atoms with E-state index in [2.05, 4.69) is 34.9 Å². The second-order valence-electron chi connectivity index (χ2n) is 8.71. The highest BCUT2D eigenvalue weighted by Crippen LogP contribution is 2.44. The lowest BCUT2D eigenvalue weighted by atomic mass is 9.98. The van der Waals surface area contributed by atoms with E-state index in [0.29, 0.717) is 12.3 Å². The van der Waals surface area contributed by atoms with Crippen molar-refractivity contribution in [1.82, 2.24) is 10.6 Å². The molecular formula is C25H28N2O5. The Balaban J connectivity index is 1.28. The van der Waals surface area contributed by atoms with Crippen LogP contribution in [0.3, 0.4) is 0 Å². The van der Waals surface area contributed by atoms with E-state index in [1.807, 2.05) is 24.3 Å². The molecule has 0 bridgehead atoms. The van der Waals surface area contributed by atoms with Crippen molar-refractivity contribution >= 4 is 18.0 Å². The molecule has 1 saturated carbocycles. The maximum atomic E-state index is 12.3. The lowest BCUT2D eigenvalue weighted by Gasteiger charge is -2.18. The van der Waals surface area contributed by atoms with Crippen LogP contribution in [0.2, 0.25) is 0 Å². The van der Waals surface area contributed by atoms with Crippen molar-refractivity contribution in [3.8, 4) is 11.1 Å². The third-order valence-electron chi connectivity index (χ3n) is 6.10. The van der Waals surface area contributed by atoms with Gasteiger partial charge in [-0.3, -0.25) is 4.79 Å². The number of carboxylic acid groups (broad SMARTS) is 1. The Morgan fingerprint density at radius 2 is 1.59 bits per heavy atom. The molecule has 2 aliphatic carbocycles. The summed E-state index contributed by atoms with van der Waals surface area (Å²) >= 11 is 0. The highest BCUT2D eigenvalue weighted by molar-refractivity contribution is 5.84. The minimum atomic E-state index is -1.03. The Morgan fingerprint density at radius 1 is 1.00 bits per heavy atom. The molecule has 3 N–H and O–H groups in total. The van der Waals surface area contributed by atoms with Gasteiger partial charge in [-0.25, -0.2) is 9.59 Å². The second kappa shape index (κ2) is 9.42. The van der Waals surface area contributed by atoms with Gasteiger partial charge in [0.2, 0.25) is 5.91 Å². The van der Waals surface area contributed by atoms with Crippen LogP contribution in [0.15, 0.2) is 48.5 Å². The summed E-state index contributed by atoms with van der Waals surface area (Å²) in [4.78, 5) is 35.9. The number of rotatable bonds is 9. The average Bonchev–Trinajstić information content (AvgIpc) is 3.52. The fraction of sp³-hybridized carbons (Fsp3) is 0.400. The number of carbonyl (C=O) groups is 3. The molecule has 2 aliphatic rings. The molecule has 0 aliphatic heterocycles. The minimum absolute atomic E-state index is 0.0152. The van der Waals surface area contributed by atoms with Gasteiger partial charge >= 0.3 is 12.1 Å². The summed E-state index contributed by atoms with van der Waals surface area (Å²) in [6, 6.07) is 14.8. The molecule has 2 unspecified atom stereocenters. The highest BCUT2D eigenvalue weighted by atomic mass is 16.5. The predicted molar refractivity (Wildman–Crippen MR) is 119 cm³/mol. The Bertz CT molecular complexity index is 971. The number of ether oxygens (including phenoxy) is 1. The van der Waals surface area contributed by atoms with Crippen molar-refractivity contribution < 1.29 is 24.2 Å². The zero-order chi connectivity index (χ0) is 22.7. The van der Waals surface area contributed by atoms with Crippen molar-refractivity contribution in [2.75, 3.05) is 6.61 Å². The van der Waals surface area contributed by atoms with Crippen molar-refractivity contribution in [3.05, 3.63) is 59.7 Å². The molecule has 0 saturated heterocycles. The van der Waals surface area contributed by atoms with Gasteiger partial charge in [-0.05, 0) is 41.5 Å². The average molecular weight is 437 g/mol. The number of hydrogen-bond acceptors (Lipinski definition) is 4. The standard InChI is InChI=1S/C25H28N2O5/c1-15(12-23(28)27-22(24(29)30)13-16-10-11-16)26-25(31)32-14-21-19-8-4-2-6-17(19)18-7-3-5-9-20(18)21/h2-9,15-16,21-22H,10-14H2,1H3,(H,26,31)(H,27,28)(H,29,30). The summed E-state index contributed by atoms with van der Waals surface area (Å²) in [5.74, 6) is -1.08. The summed E-state index contributed by atoms with van der Waals surface area (Å²) in [6.45, 7) is 1.89. The van der Waals surface area contributed by atoms with Crippen molar-refractivity contribution in [2.45, 2.75) is 50.6 Å². The summed E-state index contributed by atoms with van der Waals surface area (Å²) in [7, 11) is 0. The molecular weight excluding hydrogens is 408 g/mol. The number of alkyl carbamates (subject to hydrolysis) is 1. The number of hydrogen-bond donors (Lipinski definition) is 3. The Kier molecular flexibility index (Phi) is 6.44. The van der Waals surface area contributed by atoms with E-state index in [-0.39, 0.29) is 18.9 Å². The zero-order valence-corrected chi connectivity index (χ0v) is 18.0. The molecule has 7 nitrogen and oxygen atoms in total. The normalized spacial score (nSPS) is 16.4. The molecule has 1 fully saturated rings. The van der Waals surface area contributed by atoms with Crippen molar-refractivity contribution in [2.24, 2.45) is 5.92 Å². The Hall–Kier alpha value is -3.35. The quantitative estimate of drug-likeness (QED) is 0.556. The van der Waals surface area contributed by atoms with Gasteiger partial charge in [0.1, 0.15) is 12.6 Å². The fourth-order valence-corrected chi connectivity index (χ4v) is 4.33. The van der Waals surface area contributed by atoms with Crippen LogP contribution in [0.5, 0.6) is 0 Å². The lowest BCUT2D eigenvalue weighted by Crippen LogP contribution is -2.44. The van der Waals surface area contributed by atoms with Gasteiger partial charge in [0.25, 0.3) is 0 Å². The van der Waals surface area contributed by atoms with Crippen LogP contribution in [0, 0.1) is 5.92 Å². The van der Waals surface area contributed by atoms with Crippen LogP contribution in [-0.2, 0) is 14.3 Å².